The second-order valence-electron chi connectivity index (χ2n) is 11.0. The van der Waals surface area contributed by atoms with Gasteiger partial charge in [0.25, 0.3) is 0 Å². The smallest absolute Gasteiger partial charge is 0.248 e. The normalized spacial score (nSPS) is 12.5. The van der Waals surface area contributed by atoms with Crippen LogP contribution in [-0.2, 0) is 4.57 Å². The molecule has 4 aromatic rings. The summed E-state index contributed by atoms with van der Waals surface area (Å²) in [6.07, 6.45) is 0. The Labute approximate surface area is 247 Å². The van der Waals surface area contributed by atoms with Crippen molar-refractivity contribution in [2.75, 3.05) is 0 Å². The highest BCUT2D eigenvalue weighted by Gasteiger charge is 2.45. The van der Waals surface area contributed by atoms with Gasteiger partial charge in [-0.1, -0.05) is 60.7 Å². The third kappa shape index (κ3) is 5.14. The third-order valence-corrected chi connectivity index (χ3v) is 10.8. The summed E-state index contributed by atoms with van der Waals surface area (Å²) in [5.41, 5.74) is 4.66. The average Bonchev–Trinajstić information content (AvgIpc) is 2.95. The van der Waals surface area contributed by atoms with Gasteiger partial charge in [-0.2, -0.15) is 0 Å². The largest absolute Gasteiger partial charge is 0.302 e. The zero-order valence-corrected chi connectivity index (χ0v) is 26.2. The highest BCUT2D eigenvalue weighted by molar-refractivity contribution is 8.01. The number of hydrogen-bond acceptors (Lipinski definition) is 5. The van der Waals surface area contributed by atoms with Gasteiger partial charge in [0.2, 0.25) is 18.2 Å². The van der Waals surface area contributed by atoms with Gasteiger partial charge < -0.3 is 4.57 Å². The lowest BCUT2D eigenvalue weighted by atomic mass is 9.89. The Morgan fingerprint density at radius 2 is 1.02 bits per heavy atom. The Bertz CT molecular complexity index is 1850. The number of rotatable bonds is 8. The molecule has 0 heterocycles. The molecular weight excluding hydrogens is 543 g/mol. The van der Waals surface area contributed by atoms with E-state index >= 15 is 4.57 Å². The molecule has 4 aromatic carbocycles. The zero-order valence-electron chi connectivity index (χ0n) is 25.3. The van der Waals surface area contributed by atoms with Gasteiger partial charge in [0.15, 0.2) is 11.6 Å². The third-order valence-electron chi connectivity index (χ3n) is 8.21. The molecule has 0 fully saturated rings. The minimum absolute atomic E-state index is 0.103. The van der Waals surface area contributed by atoms with Crippen molar-refractivity contribution in [1.29, 1.82) is 0 Å². The molecule has 0 aliphatic carbocycles. The Balaban J connectivity index is 1.98. The van der Waals surface area contributed by atoms with Gasteiger partial charge in [0.05, 0.1) is 0 Å². The fourth-order valence-corrected chi connectivity index (χ4v) is 8.34. The second-order valence-corrected chi connectivity index (χ2v) is 13.6. The van der Waals surface area contributed by atoms with E-state index in [1.807, 2.05) is 26.8 Å². The first-order chi connectivity index (χ1) is 19.7. The molecule has 0 radical (unpaired) electrons. The van der Waals surface area contributed by atoms with Crippen molar-refractivity contribution in [1.82, 2.24) is 0 Å². The highest BCUT2D eigenvalue weighted by atomic mass is 31.2. The molecule has 0 aliphatic rings. The summed E-state index contributed by atoms with van der Waals surface area (Å²) in [6, 6.07) is 18.2. The SMILES string of the molecule is CC(=O)c1cccc(C(=O)c2c(C)cc(C)c(C(=O)P(=O)(C(=O)c3c(C)cc(C)c(C)c3C)c3ccccc3)c2C)c1. The van der Waals surface area contributed by atoms with Crippen LogP contribution in [0.5, 0.6) is 0 Å². The Kier molecular flexibility index (Phi) is 8.48. The van der Waals surface area contributed by atoms with E-state index < -0.39 is 18.2 Å². The second kappa shape index (κ2) is 11.6. The maximum Gasteiger partial charge on any atom is 0.248 e. The van der Waals surface area contributed by atoms with Crippen LogP contribution in [0.15, 0.2) is 66.7 Å². The van der Waals surface area contributed by atoms with Gasteiger partial charge in [-0.05, 0) is 100 Å². The van der Waals surface area contributed by atoms with Crippen LogP contribution in [-0.4, -0.2) is 22.6 Å². The molecule has 0 aromatic heterocycles. The molecule has 214 valence electrons. The minimum atomic E-state index is -4.43. The Hall–Kier alpha value is -4.21. The lowest BCUT2D eigenvalue weighted by molar-refractivity contribution is 0.101. The van der Waals surface area contributed by atoms with Crippen molar-refractivity contribution in [3.05, 3.63) is 133 Å². The Morgan fingerprint density at radius 3 is 1.60 bits per heavy atom. The van der Waals surface area contributed by atoms with Crippen LogP contribution in [0.4, 0.5) is 0 Å². The number of Topliss-reactive ketones (excluding diaryl/α,β-unsaturated/α-hetero) is 1. The summed E-state index contributed by atoms with van der Waals surface area (Å²) >= 11 is 0. The molecule has 1 atom stereocenters. The van der Waals surface area contributed by atoms with Crippen LogP contribution in [0, 0.1) is 48.5 Å². The quantitative estimate of drug-likeness (QED) is 0.156. The molecule has 6 heteroatoms. The number of carbonyl (C=O) groups is 4. The predicted octanol–water partition coefficient (Wildman–Crippen LogP) is 7.95. The van der Waals surface area contributed by atoms with Gasteiger partial charge >= 0.3 is 0 Å². The molecule has 42 heavy (non-hydrogen) atoms. The van der Waals surface area contributed by atoms with Crippen molar-refractivity contribution in [3.63, 3.8) is 0 Å². The van der Waals surface area contributed by atoms with Gasteiger partial charge in [-0.15, -0.1) is 0 Å². The summed E-state index contributed by atoms with van der Waals surface area (Å²) in [4.78, 5) is 54.9. The maximum atomic E-state index is 15.2. The number of aryl methyl sites for hydroxylation is 4. The summed E-state index contributed by atoms with van der Waals surface area (Å²) in [7, 11) is -4.43. The van der Waals surface area contributed by atoms with E-state index in [1.54, 1.807) is 82.3 Å². The number of hydrogen-bond donors (Lipinski definition) is 0. The Morgan fingerprint density at radius 1 is 0.524 bits per heavy atom. The van der Waals surface area contributed by atoms with Crippen LogP contribution in [0.1, 0.15) is 92.9 Å². The van der Waals surface area contributed by atoms with E-state index in [0.29, 0.717) is 44.5 Å². The summed E-state index contributed by atoms with van der Waals surface area (Å²) in [6.45, 7) is 14.1. The van der Waals surface area contributed by atoms with Crippen molar-refractivity contribution >= 4 is 35.1 Å². The molecule has 1 unspecified atom stereocenters. The molecule has 0 spiro atoms. The van der Waals surface area contributed by atoms with E-state index in [1.165, 1.54) is 13.0 Å². The fourth-order valence-electron chi connectivity index (χ4n) is 5.78. The predicted molar refractivity (Wildman–Crippen MR) is 168 cm³/mol. The van der Waals surface area contributed by atoms with Crippen LogP contribution >= 0.6 is 7.14 Å². The standard InChI is InChI=1S/C36H35O5P/c1-20-17-22(3)32(25(6)24(20)5)35(39)42(41,30-15-10-9-11-16-30)36(40)33-23(4)18-21(2)31(26(33)7)34(38)29-14-12-13-28(19-29)27(8)37/h9-19H,1-8H3. The first kappa shape index (κ1) is 30.7. The monoisotopic (exact) mass is 578 g/mol. The van der Waals surface area contributed by atoms with E-state index in [4.69, 9.17) is 0 Å². The molecule has 0 N–H and O–H groups in total. The van der Waals surface area contributed by atoms with Gasteiger partial charge in [0.1, 0.15) is 0 Å². The molecule has 4 rings (SSSR count). The van der Waals surface area contributed by atoms with Crippen LogP contribution in [0.2, 0.25) is 0 Å². The zero-order chi connectivity index (χ0) is 31.1. The molecular formula is C36H35O5P. The van der Waals surface area contributed by atoms with Crippen molar-refractivity contribution in [3.8, 4) is 0 Å². The average molecular weight is 579 g/mol. The van der Waals surface area contributed by atoms with E-state index in [2.05, 4.69) is 0 Å². The van der Waals surface area contributed by atoms with Crippen molar-refractivity contribution in [2.45, 2.75) is 55.4 Å². The van der Waals surface area contributed by atoms with E-state index in [-0.39, 0.29) is 28.0 Å². The molecule has 0 saturated heterocycles. The topological polar surface area (TPSA) is 85.3 Å². The van der Waals surface area contributed by atoms with Gasteiger partial charge in [-0.25, -0.2) is 0 Å². The van der Waals surface area contributed by atoms with Crippen LogP contribution in [0.25, 0.3) is 0 Å². The van der Waals surface area contributed by atoms with Crippen molar-refractivity contribution in [2.24, 2.45) is 0 Å². The number of benzene rings is 4. The summed E-state index contributed by atoms with van der Waals surface area (Å²) in [5, 5.41) is 0.151. The summed E-state index contributed by atoms with van der Waals surface area (Å²) in [5.74, 6) is -0.527. The first-order valence-corrected chi connectivity index (χ1v) is 15.5. The number of carbonyl (C=O) groups excluding carboxylic acids is 4. The molecule has 5 nitrogen and oxygen atoms in total. The first-order valence-electron chi connectivity index (χ1n) is 13.8. The summed E-state index contributed by atoms with van der Waals surface area (Å²) < 4.78 is 15.2. The van der Waals surface area contributed by atoms with Crippen LogP contribution in [0.3, 0.4) is 0 Å². The van der Waals surface area contributed by atoms with E-state index in [0.717, 1.165) is 11.1 Å². The van der Waals surface area contributed by atoms with Crippen LogP contribution < -0.4 is 5.30 Å². The van der Waals surface area contributed by atoms with Crippen molar-refractivity contribution < 1.29 is 23.7 Å². The van der Waals surface area contributed by atoms with E-state index in [9.17, 15) is 19.2 Å². The molecule has 0 saturated carbocycles. The molecule has 0 amide bonds. The highest BCUT2D eigenvalue weighted by Crippen LogP contribution is 2.53. The minimum Gasteiger partial charge on any atom is -0.302 e. The fraction of sp³-hybridized carbons (Fsp3) is 0.222. The van der Waals surface area contributed by atoms with Gasteiger partial charge in [-0.3, -0.25) is 19.2 Å². The van der Waals surface area contributed by atoms with Gasteiger partial charge in [0, 0.05) is 33.1 Å². The lowest BCUT2D eigenvalue weighted by Crippen LogP contribution is -2.24. The molecule has 0 bridgehead atoms. The lowest BCUT2D eigenvalue weighted by Gasteiger charge is -2.23. The number of ketones is 2. The molecule has 0 aliphatic heterocycles. The maximum absolute atomic E-state index is 15.2.